The van der Waals surface area contributed by atoms with Crippen LogP contribution in [0, 0.1) is 0 Å². The molecule has 0 bridgehead atoms. The van der Waals surface area contributed by atoms with Gasteiger partial charge in [0.25, 0.3) is 0 Å². The Bertz CT molecular complexity index is 295. The number of halogens is 1. The Morgan fingerprint density at radius 3 is 2.60 bits per heavy atom. The zero-order valence-electron chi connectivity index (χ0n) is 8.78. The molecule has 0 heterocycles. The van der Waals surface area contributed by atoms with Gasteiger partial charge in [-0.3, -0.25) is 0 Å². The fourth-order valence-electron chi connectivity index (χ4n) is 1.12. The summed E-state index contributed by atoms with van der Waals surface area (Å²) in [5.41, 5.74) is 1.07. The van der Waals surface area contributed by atoms with Crippen LogP contribution in [0.5, 0.6) is 5.75 Å². The minimum Gasteiger partial charge on any atom is -0.465 e. The van der Waals surface area contributed by atoms with Gasteiger partial charge in [0.1, 0.15) is 5.75 Å². The monoisotopic (exact) mass is 226 g/mol. The van der Waals surface area contributed by atoms with Crippen LogP contribution in [0.15, 0.2) is 30.8 Å². The average Bonchev–Trinajstić information content (AvgIpc) is 2.27. The van der Waals surface area contributed by atoms with Crippen molar-refractivity contribution in [1.82, 2.24) is 0 Å². The van der Waals surface area contributed by atoms with Gasteiger partial charge in [0.15, 0.2) is 6.29 Å². The lowest BCUT2D eigenvalue weighted by molar-refractivity contribution is -0.0605. The fourth-order valence-corrected chi connectivity index (χ4v) is 1.21. The second-order valence-electron chi connectivity index (χ2n) is 3.02. The first kappa shape index (κ1) is 12.1. The van der Waals surface area contributed by atoms with Crippen LogP contribution in [0.25, 0.3) is 6.08 Å². The van der Waals surface area contributed by atoms with Crippen molar-refractivity contribution in [2.24, 2.45) is 0 Å². The van der Waals surface area contributed by atoms with Gasteiger partial charge >= 0.3 is 0 Å². The molecule has 15 heavy (non-hydrogen) atoms. The molecule has 0 fully saturated rings. The van der Waals surface area contributed by atoms with E-state index in [0.29, 0.717) is 12.5 Å². The number of ether oxygens (including phenoxy) is 2. The molecule has 0 saturated heterocycles. The molecule has 0 aliphatic rings. The molecule has 0 amide bonds. The van der Waals surface area contributed by atoms with E-state index >= 15 is 0 Å². The van der Waals surface area contributed by atoms with Crippen LogP contribution in [-0.2, 0) is 4.74 Å². The first-order chi connectivity index (χ1) is 7.26. The third-order valence-electron chi connectivity index (χ3n) is 1.85. The van der Waals surface area contributed by atoms with Gasteiger partial charge < -0.3 is 9.47 Å². The van der Waals surface area contributed by atoms with Gasteiger partial charge in [-0.15, -0.1) is 11.6 Å². The van der Waals surface area contributed by atoms with E-state index in [1.165, 1.54) is 0 Å². The zero-order valence-corrected chi connectivity index (χ0v) is 9.54. The molecule has 2 nitrogen and oxygen atoms in total. The molecule has 0 aliphatic carbocycles. The van der Waals surface area contributed by atoms with Crippen LogP contribution in [-0.4, -0.2) is 18.8 Å². The molecule has 82 valence electrons. The summed E-state index contributed by atoms with van der Waals surface area (Å²) in [6.45, 7) is 6.02. The van der Waals surface area contributed by atoms with Crippen molar-refractivity contribution in [3.63, 3.8) is 0 Å². The molecule has 1 aromatic rings. The molecular weight excluding hydrogens is 212 g/mol. The summed E-state index contributed by atoms with van der Waals surface area (Å²) in [4.78, 5) is 0. The highest BCUT2D eigenvalue weighted by Gasteiger charge is 2.02. The van der Waals surface area contributed by atoms with Crippen LogP contribution in [0.1, 0.15) is 12.5 Å². The quantitative estimate of drug-likeness (QED) is 0.547. The first-order valence-electron chi connectivity index (χ1n) is 4.83. The lowest BCUT2D eigenvalue weighted by Crippen LogP contribution is -2.17. The van der Waals surface area contributed by atoms with Crippen molar-refractivity contribution in [3.05, 3.63) is 36.4 Å². The third-order valence-corrected chi connectivity index (χ3v) is 2.00. The molecule has 1 rings (SSSR count). The summed E-state index contributed by atoms with van der Waals surface area (Å²) >= 11 is 5.50. The van der Waals surface area contributed by atoms with Crippen LogP contribution < -0.4 is 4.74 Å². The van der Waals surface area contributed by atoms with Gasteiger partial charge in [0.05, 0.1) is 6.61 Å². The highest BCUT2D eigenvalue weighted by atomic mass is 35.5. The molecule has 0 aliphatic heterocycles. The van der Waals surface area contributed by atoms with Gasteiger partial charge in [0.2, 0.25) is 0 Å². The Labute approximate surface area is 95.5 Å². The zero-order chi connectivity index (χ0) is 11.1. The first-order valence-corrected chi connectivity index (χ1v) is 5.36. The van der Waals surface area contributed by atoms with Crippen molar-refractivity contribution in [2.75, 3.05) is 12.5 Å². The van der Waals surface area contributed by atoms with Crippen LogP contribution in [0.4, 0.5) is 0 Å². The number of rotatable bonds is 6. The van der Waals surface area contributed by atoms with Gasteiger partial charge in [-0.2, -0.15) is 0 Å². The molecule has 0 aromatic heterocycles. The second-order valence-corrected chi connectivity index (χ2v) is 3.40. The standard InChI is InChI=1S/C12H15ClO2/c1-3-11-4-6-12(7-5-11)15-10(2)14-9-8-13/h3-7,10H,1,8-9H2,2H3. The van der Waals surface area contributed by atoms with Crippen molar-refractivity contribution < 1.29 is 9.47 Å². The molecule has 1 atom stereocenters. The summed E-state index contributed by atoms with van der Waals surface area (Å²) in [6.07, 6.45) is 1.51. The van der Waals surface area contributed by atoms with E-state index in [1.807, 2.05) is 31.2 Å². The molecule has 0 N–H and O–H groups in total. The van der Waals surface area contributed by atoms with Gasteiger partial charge in [-0.1, -0.05) is 24.8 Å². The number of hydrogen-bond donors (Lipinski definition) is 0. The molecule has 0 spiro atoms. The van der Waals surface area contributed by atoms with Gasteiger partial charge in [-0.05, 0) is 24.6 Å². The number of benzene rings is 1. The van der Waals surface area contributed by atoms with E-state index in [0.717, 1.165) is 11.3 Å². The topological polar surface area (TPSA) is 18.5 Å². The van der Waals surface area contributed by atoms with Crippen molar-refractivity contribution in [1.29, 1.82) is 0 Å². The maximum Gasteiger partial charge on any atom is 0.197 e. The van der Waals surface area contributed by atoms with Crippen LogP contribution >= 0.6 is 11.6 Å². The summed E-state index contributed by atoms with van der Waals surface area (Å²) in [7, 11) is 0. The predicted molar refractivity (Wildman–Crippen MR) is 63.3 cm³/mol. The summed E-state index contributed by atoms with van der Waals surface area (Å²) < 4.78 is 10.8. The van der Waals surface area contributed by atoms with Crippen molar-refractivity contribution >= 4 is 17.7 Å². The van der Waals surface area contributed by atoms with E-state index in [2.05, 4.69) is 6.58 Å². The van der Waals surface area contributed by atoms with E-state index in [-0.39, 0.29) is 6.29 Å². The van der Waals surface area contributed by atoms with E-state index in [4.69, 9.17) is 21.1 Å². The molecule has 0 saturated carbocycles. The molecular formula is C12H15ClO2. The fraction of sp³-hybridized carbons (Fsp3) is 0.333. The molecule has 1 unspecified atom stereocenters. The third kappa shape index (κ3) is 4.36. The highest BCUT2D eigenvalue weighted by Crippen LogP contribution is 2.14. The van der Waals surface area contributed by atoms with E-state index in [9.17, 15) is 0 Å². The SMILES string of the molecule is C=Cc1ccc(OC(C)OCCCl)cc1. The second kappa shape index (κ2) is 6.49. The Hall–Kier alpha value is -0.990. The molecule has 3 heteroatoms. The summed E-state index contributed by atoms with van der Waals surface area (Å²) in [6, 6.07) is 7.66. The normalized spacial score (nSPS) is 12.1. The Morgan fingerprint density at radius 1 is 1.40 bits per heavy atom. The Balaban J connectivity index is 2.45. The van der Waals surface area contributed by atoms with Gasteiger partial charge in [0, 0.05) is 5.88 Å². The lowest BCUT2D eigenvalue weighted by Gasteiger charge is -2.14. The number of alkyl halides is 1. The average molecular weight is 227 g/mol. The van der Waals surface area contributed by atoms with E-state index in [1.54, 1.807) is 6.08 Å². The molecule has 1 aromatic carbocycles. The minimum absolute atomic E-state index is 0.279. The Kier molecular flexibility index (Phi) is 5.22. The maximum atomic E-state index is 5.50. The smallest absolute Gasteiger partial charge is 0.197 e. The number of hydrogen-bond acceptors (Lipinski definition) is 2. The van der Waals surface area contributed by atoms with Crippen molar-refractivity contribution in [3.8, 4) is 5.75 Å². The molecule has 0 radical (unpaired) electrons. The summed E-state index contributed by atoms with van der Waals surface area (Å²) in [5, 5.41) is 0. The largest absolute Gasteiger partial charge is 0.465 e. The minimum atomic E-state index is -0.279. The van der Waals surface area contributed by atoms with Gasteiger partial charge in [-0.25, -0.2) is 0 Å². The lowest BCUT2D eigenvalue weighted by atomic mass is 10.2. The van der Waals surface area contributed by atoms with Crippen molar-refractivity contribution in [2.45, 2.75) is 13.2 Å². The highest BCUT2D eigenvalue weighted by molar-refractivity contribution is 6.17. The predicted octanol–water partition coefficient (Wildman–Crippen LogP) is 3.31. The van der Waals surface area contributed by atoms with Crippen LogP contribution in [0.3, 0.4) is 0 Å². The Morgan fingerprint density at radius 2 is 2.07 bits per heavy atom. The summed E-state index contributed by atoms with van der Waals surface area (Å²) in [5.74, 6) is 1.26. The maximum absolute atomic E-state index is 5.50. The van der Waals surface area contributed by atoms with E-state index < -0.39 is 0 Å². The van der Waals surface area contributed by atoms with Crippen LogP contribution in [0.2, 0.25) is 0 Å².